The van der Waals surface area contributed by atoms with E-state index in [4.69, 9.17) is 5.73 Å². The largest absolute Gasteiger partial charge is 0.398 e. The highest BCUT2D eigenvalue weighted by Gasteiger charge is 2.08. The summed E-state index contributed by atoms with van der Waals surface area (Å²) >= 11 is 0. The van der Waals surface area contributed by atoms with Gasteiger partial charge in [-0.1, -0.05) is 66.7 Å². The third kappa shape index (κ3) is 4.02. The molecule has 0 saturated heterocycles. The summed E-state index contributed by atoms with van der Waals surface area (Å²) in [6, 6.07) is 30.4. The highest BCUT2D eigenvalue weighted by atomic mass is 19.1. The molecule has 0 radical (unpaired) electrons. The van der Waals surface area contributed by atoms with Crippen molar-refractivity contribution in [2.45, 2.75) is 6.42 Å². The Kier molecular flexibility index (Phi) is 5.09. The Hall–Kier alpha value is -3.90. The molecule has 3 heteroatoms. The molecular weight excluding hydrogens is 359 g/mol. The van der Waals surface area contributed by atoms with Gasteiger partial charge in [0, 0.05) is 11.3 Å². The first kappa shape index (κ1) is 18.5. The fraction of sp³-hybridized carbons (Fsp3) is 0.0385. The summed E-state index contributed by atoms with van der Waals surface area (Å²) in [7, 11) is 0. The second kappa shape index (κ2) is 8.00. The Morgan fingerprint density at radius 3 is 2.17 bits per heavy atom. The summed E-state index contributed by atoms with van der Waals surface area (Å²) in [5.74, 6) is -0.352. The molecule has 0 unspecified atom stereocenters. The number of anilines is 1. The van der Waals surface area contributed by atoms with Crippen LogP contribution in [0.3, 0.4) is 0 Å². The van der Waals surface area contributed by atoms with E-state index in [1.54, 1.807) is 0 Å². The summed E-state index contributed by atoms with van der Waals surface area (Å²) in [5, 5.41) is 9.27. The van der Waals surface area contributed by atoms with Crippen LogP contribution in [0.15, 0.2) is 91.0 Å². The number of hydrogen-bond donors (Lipinski definition) is 1. The fourth-order valence-electron chi connectivity index (χ4n) is 3.44. The van der Waals surface area contributed by atoms with Crippen molar-refractivity contribution in [2.24, 2.45) is 0 Å². The van der Waals surface area contributed by atoms with Gasteiger partial charge in [-0.25, -0.2) is 4.39 Å². The molecule has 0 aliphatic carbocycles. The zero-order chi connectivity index (χ0) is 20.2. The second-order valence-electron chi connectivity index (χ2n) is 6.96. The van der Waals surface area contributed by atoms with Crippen molar-refractivity contribution in [1.29, 1.82) is 5.26 Å². The lowest BCUT2D eigenvalue weighted by molar-refractivity contribution is 0.628. The first-order valence-electron chi connectivity index (χ1n) is 9.37. The molecule has 4 aromatic carbocycles. The van der Waals surface area contributed by atoms with Gasteiger partial charge in [-0.15, -0.1) is 0 Å². The maximum absolute atomic E-state index is 13.6. The molecule has 0 bridgehead atoms. The van der Waals surface area contributed by atoms with Gasteiger partial charge < -0.3 is 5.73 Å². The van der Waals surface area contributed by atoms with E-state index >= 15 is 0 Å². The van der Waals surface area contributed by atoms with E-state index in [2.05, 4.69) is 30.3 Å². The normalized spacial score (nSPS) is 10.5. The maximum atomic E-state index is 13.6. The van der Waals surface area contributed by atoms with E-state index in [0.29, 0.717) is 17.5 Å². The molecule has 2 N–H and O–H groups in total. The van der Waals surface area contributed by atoms with Crippen LogP contribution in [-0.4, -0.2) is 0 Å². The van der Waals surface area contributed by atoms with Crippen molar-refractivity contribution in [2.75, 3.05) is 5.73 Å². The third-order valence-corrected chi connectivity index (χ3v) is 5.01. The molecule has 0 aliphatic heterocycles. The number of nitriles is 1. The van der Waals surface area contributed by atoms with Crippen LogP contribution in [0.5, 0.6) is 0 Å². The van der Waals surface area contributed by atoms with Crippen LogP contribution in [0, 0.1) is 17.1 Å². The van der Waals surface area contributed by atoms with E-state index in [9.17, 15) is 9.65 Å². The number of hydrogen-bond acceptors (Lipinski definition) is 2. The van der Waals surface area contributed by atoms with Crippen molar-refractivity contribution in [1.82, 2.24) is 0 Å². The van der Waals surface area contributed by atoms with Crippen LogP contribution in [-0.2, 0) is 6.42 Å². The van der Waals surface area contributed by atoms with Gasteiger partial charge in [0.15, 0.2) is 0 Å². The average molecular weight is 378 g/mol. The molecule has 140 valence electrons. The zero-order valence-electron chi connectivity index (χ0n) is 15.8. The Morgan fingerprint density at radius 2 is 1.48 bits per heavy atom. The van der Waals surface area contributed by atoms with E-state index in [1.807, 2.05) is 48.5 Å². The van der Waals surface area contributed by atoms with Crippen LogP contribution < -0.4 is 5.73 Å². The number of halogens is 1. The number of nitrogens with zero attached hydrogens (tertiary/aromatic N) is 1. The van der Waals surface area contributed by atoms with Crippen molar-refractivity contribution >= 4 is 5.69 Å². The molecule has 0 heterocycles. The maximum Gasteiger partial charge on any atom is 0.123 e. The minimum absolute atomic E-state index is 0.352. The molecule has 0 atom stereocenters. The first-order valence-corrected chi connectivity index (χ1v) is 9.37. The Balaban J connectivity index is 1.57. The summed E-state index contributed by atoms with van der Waals surface area (Å²) in [5.41, 5.74) is 13.3. The number of benzene rings is 4. The van der Waals surface area contributed by atoms with Gasteiger partial charge in [-0.3, -0.25) is 0 Å². The minimum Gasteiger partial charge on any atom is -0.398 e. The van der Waals surface area contributed by atoms with Crippen LogP contribution in [0.2, 0.25) is 0 Å². The van der Waals surface area contributed by atoms with Gasteiger partial charge in [-0.2, -0.15) is 5.26 Å². The van der Waals surface area contributed by atoms with Crippen LogP contribution in [0.1, 0.15) is 16.7 Å². The lowest BCUT2D eigenvalue weighted by atomic mass is 9.96. The van der Waals surface area contributed by atoms with Gasteiger partial charge >= 0.3 is 0 Å². The summed E-state index contributed by atoms with van der Waals surface area (Å²) in [4.78, 5) is 0. The molecule has 0 fully saturated rings. The van der Waals surface area contributed by atoms with Gasteiger partial charge in [0.2, 0.25) is 0 Å². The molecule has 0 aromatic heterocycles. The fourth-order valence-corrected chi connectivity index (χ4v) is 3.44. The van der Waals surface area contributed by atoms with Gasteiger partial charge in [-0.05, 0) is 58.5 Å². The molecule has 29 heavy (non-hydrogen) atoms. The van der Waals surface area contributed by atoms with Gasteiger partial charge in [0.25, 0.3) is 0 Å². The highest BCUT2D eigenvalue weighted by Crippen LogP contribution is 2.28. The Labute approximate surface area is 169 Å². The van der Waals surface area contributed by atoms with E-state index in [1.165, 1.54) is 18.2 Å². The quantitative estimate of drug-likeness (QED) is 0.430. The predicted molar refractivity (Wildman–Crippen MR) is 116 cm³/mol. The lowest BCUT2D eigenvalue weighted by Gasteiger charge is -2.10. The summed E-state index contributed by atoms with van der Waals surface area (Å²) < 4.78 is 13.6. The van der Waals surface area contributed by atoms with E-state index in [-0.39, 0.29) is 5.82 Å². The topological polar surface area (TPSA) is 49.8 Å². The second-order valence-corrected chi connectivity index (χ2v) is 6.96. The van der Waals surface area contributed by atoms with Crippen LogP contribution in [0.25, 0.3) is 22.3 Å². The van der Waals surface area contributed by atoms with Crippen molar-refractivity contribution in [3.63, 3.8) is 0 Å². The minimum atomic E-state index is -0.352. The lowest BCUT2D eigenvalue weighted by Crippen LogP contribution is -1.96. The van der Waals surface area contributed by atoms with Gasteiger partial charge in [0.05, 0.1) is 11.6 Å². The molecule has 0 saturated carbocycles. The standard InChI is InChI=1S/C26H19FN2/c27-24-13-12-23(17-28)25(16-24)20-8-6-18(7-9-20)14-22-11-10-21(15-26(22)29)19-4-2-1-3-5-19/h1-13,15-16H,14,29H2. The van der Waals surface area contributed by atoms with Gasteiger partial charge in [0.1, 0.15) is 5.82 Å². The molecule has 0 aliphatic rings. The van der Waals surface area contributed by atoms with E-state index in [0.717, 1.165) is 33.5 Å². The Morgan fingerprint density at radius 1 is 0.759 bits per heavy atom. The highest BCUT2D eigenvalue weighted by molar-refractivity contribution is 5.71. The molecule has 0 spiro atoms. The predicted octanol–water partition coefficient (Wildman–Crippen LogP) is 6.20. The van der Waals surface area contributed by atoms with Crippen LogP contribution >= 0.6 is 0 Å². The van der Waals surface area contributed by atoms with E-state index < -0.39 is 0 Å². The number of rotatable bonds is 4. The molecular formula is C26H19FN2. The zero-order valence-corrected chi connectivity index (χ0v) is 15.8. The van der Waals surface area contributed by atoms with Crippen molar-refractivity contribution < 1.29 is 4.39 Å². The van der Waals surface area contributed by atoms with Crippen molar-refractivity contribution in [3.8, 4) is 28.3 Å². The van der Waals surface area contributed by atoms with Crippen molar-refractivity contribution in [3.05, 3.63) is 114 Å². The average Bonchev–Trinajstić information content (AvgIpc) is 2.76. The SMILES string of the molecule is N#Cc1ccc(F)cc1-c1ccc(Cc2ccc(-c3ccccc3)cc2N)cc1. The molecule has 0 amide bonds. The summed E-state index contributed by atoms with van der Waals surface area (Å²) in [6.45, 7) is 0. The van der Waals surface area contributed by atoms with Crippen LogP contribution in [0.4, 0.5) is 10.1 Å². The number of nitrogens with two attached hydrogens (primary N) is 1. The third-order valence-electron chi connectivity index (χ3n) is 5.01. The monoisotopic (exact) mass is 378 g/mol. The number of nitrogen functional groups attached to an aromatic ring is 1. The smallest absolute Gasteiger partial charge is 0.123 e. The Bertz CT molecular complexity index is 1190. The summed E-state index contributed by atoms with van der Waals surface area (Å²) in [6.07, 6.45) is 0.704. The molecule has 2 nitrogen and oxygen atoms in total. The first-order chi connectivity index (χ1) is 14.1. The molecule has 4 aromatic rings. The molecule has 4 rings (SSSR count).